The molecule has 1 aliphatic heterocycles. The van der Waals surface area contributed by atoms with Crippen LogP contribution in [0.15, 0.2) is 28.0 Å². The summed E-state index contributed by atoms with van der Waals surface area (Å²) in [5.41, 5.74) is 1.15. The molecule has 0 atom stereocenters. The summed E-state index contributed by atoms with van der Waals surface area (Å²) in [4.78, 5) is 1.01. The first-order valence-corrected chi connectivity index (χ1v) is 7.82. The number of sulfonamides is 1. The Kier molecular flexibility index (Phi) is 5.81. The molecule has 4 nitrogen and oxygen atoms in total. The molecular formula is C11H17ClN2O2S2. The number of nitrogens with one attached hydrogen (secondary N) is 2. The quantitative estimate of drug-likeness (QED) is 0.832. The minimum absolute atomic E-state index is 0. The fourth-order valence-electron chi connectivity index (χ4n) is 1.65. The maximum Gasteiger partial charge on any atom is 0.250 e. The van der Waals surface area contributed by atoms with Gasteiger partial charge in [0.1, 0.15) is 4.21 Å². The SMILES string of the molecule is Cc1ccc(S(=O)(=O)NCC2=CCNCC2)s1.Cl. The fraction of sp³-hybridized carbons (Fsp3) is 0.455. The average molecular weight is 309 g/mol. The van der Waals surface area contributed by atoms with Crippen molar-refractivity contribution < 1.29 is 8.42 Å². The van der Waals surface area contributed by atoms with E-state index in [1.165, 1.54) is 11.3 Å². The zero-order chi connectivity index (χ0) is 12.3. The van der Waals surface area contributed by atoms with E-state index >= 15 is 0 Å². The van der Waals surface area contributed by atoms with E-state index < -0.39 is 10.0 Å². The number of hydrogen-bond acceptors (Lipinski definition) is 4. The van der Waals surface area contributed by atoms with Crippen molar-refractivity contribution in [2.75, 3.05) is 19.6 Å². The maximum atomic E-state index is 11.9. The number of halogens is 1. The van der Waals surface area contributed by atoms with Gasteiger partial charge in [0.15, 0.2) is 0 Å². The molecule has 1 aromatic heterocycles. The molecule has 0 aromatic carbocycles. The topological polar surface area (TPSA) is 58.2 Å². The Morgan fingerprint density at radius 1 is 1.44 bits per heavy atom. The van der Waals surface area contributed by atoms with Gasteiger partial charge in [-0.3, -0.25) is 0 Å². The molecule has 1 aromatic rings. The zero-order valence-electron chi connectivity index (χ0n) is 10.1. The van der Waals surface area contributed by atoms with Crippen LogP contribution in [0.4, 0.5) is 0 Å². The van der Waals surface area contributed by atoms with E-state index in [1.807, 2.05) is 19.1 Å². The molecule has 0 saturated heterocycles. The third kappa shape index (κ3) is 4.07. The smallest absolute Gasteiger partial charge is 0.250 e. The number of hydrogen-bond donors (Lipinski definition) is 2. The highest BCUT2D eigenvalue weighted by Gasteiger charge is 2.16. The fourth-order valence-corrected chi connectivity index (χ4v) is 4.01. The summed E-state index contributed by atoms with van der Waals surface area (Å²) in [6.07, 6.45) is 2.96. The summed E-state index contributed by atoms with van der Waals surface area (Å²) in [6.45, 7) is 4.07. The van der Waals surface area contributed by atoms with Gasteiger partial charge in [-0.1, -0.05) is 11.6 Å². The Morgan fingerprint density at radius 3 is 2.78 bits per heavy atom. The molecule has 0 fully saturated rings. The summed E-state index contributed by atoms with van der Waals surface area (Å²) in [5.74, 6) is 0. The summed E-state index contributed by atoms with van der Waals surface area (Å²) in [7, 11) is -3.33. The first-order valence-electron chi connectivity index (χ1n) is 5.53. The molecular weight excluding hydrogens is 292 g/mol. The zero-order valence-corrected chi connectivity index (χ0v) is 12.6. The molecule has 102 valence electrons. The van der Waals surface area contributed by atoms with Crippen molar-refractivity contribution in [3.8, 4) is 0 Å². The van der Waals surface area contributed by atoms with Crippen LogP contribution < -0.4 is 10.0 Å². The van der Waals surface area contributed by atoms with Crippen molar-refractivity contribution in [3.63, 3.8) is 0 Å². The summed E-state index contributed by atoms with van der Waals surface area (Å²) < 4.78 is 26.9. The summed E-state index contributed by atoms with van der Waals surface area (Å²) >= 11 is 1.30. The first kappa shape index (κ1) is 15.7. The van der Waals surface area contributed by atoms with Crippen LogP contribution in [-0.2, 0) is 10.0 Å². The van der Waals surface area contributed by atoms with E-state index in [0.717, 1.165) is 30.0 Å². The molecule has 0 bridgehead atoms. The summed E-state index contributed by atoms with van der Waals surface area (Å²) in [6, 6.07) is 3.47. The molecule has 2 rings (SSSR count). The van der Waals surface area contributed by atoms with Crippen LogP contribution >= 0.6 is 23.7 Å². The lowest BCUT2D eigenvalue weighted by Crippen LogP contribution is -2.29. The van der Waals surface area contributed by atoms with Crippen molar-refractivity contribution in [1.29, 1.82) is 0 Å². The molecule has 2 N–H and O–H groups in total. The van der Waals surface area contributed by atoms with Gasteiger partial charge in [0.2, 0.25) is 10.0 Å². The van der Waals surface area contributed by atoms with Crippen LogP contribution in [0.5, 0.6) is 0 Å². The Labute approximate surface area is 118 Å². The van der Waals surface area contributed by atoms with Gasteiger partial charge in [-0.2, -0.15) is 0 Å². The van der Waals surface area contributed by atoms with E-state index in [9.17, 15) is 8.42 Å². The molecule has 2 heterocycles. The van der Waals surface area contributed by atoms with Gasteiger partial charge in [-0.15, -0.1) is 23.7 Å². The predicted octanol–water partition coefficient (Wildman–Crippen LogP) is 1.68. The molecule has 7 heteroatoms. The highest BCUT2D eigenvalue weighted by atomic mass is 35.5. The monoisotopic (exact) mass is 308 g/mol. The largest absolute Gasteiger partial charge is 0.313 e. The van der Waals surface area contributed by atoms with Gasteiger partial charge in [0.05, 0.1) is 0 Å². The highest BCUT2D eigenvalue weighted by molar-refractivity contribution is 7.91. The predicted molar refractivity (Wildman–Crippen MR) is 77.1 cm³/mol. The lowest BCUT2D eigenvalue weighted by atomic mass is 10.1. The van der Waals surface area contributed by atoms with E-state index in [1.54, 1.807) is 6.07 Å². The van der Waals surface area contributed by atoms with Gasteiger partial charge in [-0.05, 0) is 32.0 Å². The van der Waals surface area contributed by atoms with E-state index in [0.29, 0.717) is 10.8 Å². The van der Waals surface area contributed by atoms with Gasteiger partial charge in [0.25, 0.3) is 0 Å². The number of aryl methyl sites for hydroxylation is 1. The van der Waals surface area contributed by atoms with Crippen molar-refractivity contribution >= 4 is 33.8 Å². The number of thiophene rings is 1. The van der Waals surface area contributed by atoms with Crippen LogP contribution in [-0.4, -0.2) is 28.1 Å². The minimum Gasteiger partial charge on any atom is -0.313 e. The lowest BCUT2D eigenvalue weighted by Gasteiger charge is -2.14. The van der Waals surface area contributed by atoms with Gasteiger partial charge in [0, 0.05) is 18.0 Å². The molecule has 0 saturated carbocycles. The molecule has 18 heavy (non-hydrogen) atoms. The van der Waals surface area contributed by atoms with Gasteiger partial charge in [-0.25, -0.2) is 13.1 Å². The lowest BCUT2D eigenvalue weighted by molar-refractivity contribution is 0.584. The van der Waals surface area contributed by atoms with Crippen molar-refractivity contribution in [1.82, 2.24) is 10.0 Å². The second-order valence-electron chi connectivity index (χ2n) is 4.01. The van der Waals surface area contributed by atoms with Gasteiger partial charge >= 0.3 is 0 Å². The van der Waals surface area contributed by atoms with Crippen LogP contribution in [0.1, 0.15) is 11.3 Å². The first-order chi connectivity index (χ1) is 8.08. The van der Waals surface area contributed by atoms with E-state index in [4.69, 9.17) is 0 Å². The van der Waals surface area contributed by atoms with Gasteiger partial charge < -0.3 is 5.32 Å². The third-order valence-corrected chi connectivity index (χ3v) is 5.52. The van der Waals surface area contributed by atoms with Crippen molar-refractivity contribution in [2.45, 2.75) is 17.6 Å². The van der Waals surface area contributed by atoms with Crippen LogP contribution in [0.25, 0.3) is 0 Å². The number of rotatable bonds is 4. The Morgan fingerprint density at radius 2 is 2.22 bits per heavy atom. The molecule has 0 aliphatic carbocycles. The molecule has 0 spiro atoms. The third-order valence-electron chi connectivity index (χ3n) is 2.63. The second-order valence-corrected chi connectivity index (χ2v) is 7.29. The average Bonchev–Trinajstić information content (AvgIpc) is 2.76. The minimum atomic E-state index is -3.33. The van der Waals surface area contributed by atoms with Crippen LogP contribution in [0.2, 0.25) is 0 Å². The summed E-state index contributed by atoms with van der Waals surface area (Å²) in [5, 5.41) is 3.20. The van der Waals surface area contributed by atoms with Crippen molar-refractivity contribution in [3.05, 3.63) is 28.7 Å². The molecule has 0 radical (unpaired) electrons. The molecule has 0 unspecified atom stereocenters. The Bertz CT molecular complexity index is 523. The Hall–Kier alpha value is -0.400. The van der Waals surface area contributed by atoms with Crippen LogP contribution in [0, 0.1) is 6.92 Å². The Balaban J connectivity index is 0.00000162. The molecule has 1 aliphatic rings. The van der Waals surface area contributed by atoms with Crippen molar-refractivity contribution in [2.24, 2.45) is 0 Å². The molecule has 0 amide bonds. The van der Waals surface area contributed by atoms with E-state index in [2.05, 4.69) is 10.0 Å². The highest BCUT2D eigenvalue weighted by Crippen LogP contribution is 2.20. The normalized spacial score (nSPS) is 15.9. The van der Waals surface area contributed by atoms with E-state index in [-0.39, 0.29) is 12.4 Å². The van der Waals surface area contributed by atoms with Crippen LogP contribution in [0.3, 0.4) is 0 Å². The second kappa shape index (κ2) is 6.68. The standard InChI is InChI=1S/C11H16N2O2S2.ClH/c1-9-2-3-11(16-9)17(14,15)13-8-10-4-6-12-7-5-10;/h2-4,12-13H,5-8H2,1H3;1H. The maximum absolute atomic E-state index is 11.9.